The van der Waals surface area contributed by atoms with Crippen LogP contribution < -0.4 is 5.32 Å². The van der Waals surface area contributed by atoms with Crippen LogP contribution in [0, 0.1) is 6.92 Å². The number of aromatic nitrogens is 3. The number of H-pyrrole nitrogens is 1. The minimum Gasteiger partial charge on any atom is -0.350 e. The summed E-state index contributed by atoms with van der Waals surface area (Å²) in [5.41, 5.74) is 2.28. The highest BCUT2D eigenvalue weighted by molar-refractivity contribution is 7.15. The lowest BCUT2D eigenvalue weighted by Crippen LogP contribution is -2.26. The lowest BCUT2D eigenvalue weighted by Gasteiger charge is -2.02. The molecule has 1 aromatic carbocycles. The molecule has 0 aliphatic heterocycles. The third-order valence-corrected chi connectivity index (χ3v) is 4.68. The van der Waals surface area contributed by atoms with Crippen LogP contribution in [-0.2, 0) is 6.42 Å². The fourth-order valence-corrected chi connectivity index (χ4v) is 3.40. The summed E-state index contributed by atoms with van der Waals surface area (Å²) in [7, 11) is 0. The fraction of sp³-hybridized carbons (Fsp3) is 0.188. The molecule has 2 N–H and O–H groups in total. The van der Waals surface area contributed by atoms with Gasteiger partial charge in [0.25, 0.3) is 5.91 Å². The maximum absolute atomic E-state index is 12.3. The zero-order valence-electron chi connectivity index (χ0n) is 12.5. The fourth-order valence-electron chi connectivity index (χ4n) is 2.17. The summed E-state index contributed by atoms with van der Waals surface area (Å²) >= 11 is 7.67. The van der Waals surface area contributed by atoms with E-state index in [4.69, 9.17) is 11.6 Å². The van der Waals surface area contributed by atoms with Crippen LogP contribution in [0.25, 0.3) is 10.6 Å². The minimum absolute atomic E-state index is 0.170. The molecule has 0 atom stereocenters. The van der Waals surface area contributed by atoms with Gasteiger partial charge in [0.05, 0.1) is 11.3 Å². The number of imidazole rings is 1. The largest absolute Gasteiger partial charge is 0.350 e. The monoisotopic (exact) mass is 346 g/mol. The first-order valence-corrected chi connectivity index (χ1v) is 8.32. The Bertz CT molecular complexity index is 813. The van der Waals surface area contributed by atoms with Crippen LogP contribution in [0.2, 0.25) is 5.02 Å². The molecular formula is C16H15ClN4OS. The number of aromatic amines is 1. The molecule has 0 spiro atoms. The highest BCUT2D eigenvalue weighted by Crippen LogP contribution is 2.32. The standard InChI is InChI=1S/C16H15ClN4OS/c1-10-14(15(22)19-7-6-11-8-18-9-20-11)21-16(23-10)12-4-2-3-5-13(12)17/h2-5,8-9H,6-7H2,1H3,(H,18,20)(H,19,22). The van der Waals surface area contributed by atoms with Gasteiger partial charge in [-0.05, 0) is 13.0 Å². The Morgan fingerprint density at radius 1 is 1.39 bits per heavy atom. The highest BCUT2D eigenvalue weighted by Gasteiger charge is 2.17. The molecule has 0 saturated heterocycles. The first-order chi connectivity index (χ1) is 11.1. The lowest BCUT2D eigenvalue weighted by molar-refractivity contribution is 0.0949. The van der Waals surface area contributed by atoms with Crippen LogP contribution in [-0.4, -0.2) is 27.4 Å². The van der Waals surface area contributed by atoms with Crippen molar-refractivity contribution in [3.05, 3.63) is 58.1 Å². The second-order valence-corrected chi connectivity index (χ2v) is 6.60. The van der Waals surface area contributed by atoms with E-state index < -0.39 is 0 Å². The van der Waals surface area contributed by atoms with E-state index in [0.29, 0.717) is 23.7 Å². The summed E-state index contributed by atoms with van der Waals surface area (Å²) in [6.45, 7) is 2.42. The molecule has 2 aromatic heterocycles. The average Bonchev–Trinajstić information content (AvgIpc) is 3.17. The molecule has 3 rings (SSSR count). The number of nitrogens with one attached hydrogen (secondary N) is 2. The number of carbonyl (C=O) groups excluding carboxylic acids is 1. The Hall–Kier alpha value is -2.18. The molecule has 0 unspecified atom stereocenters. The molecule has 0 aliphatic carbocycles. The van der Waals surface area contributed by atoms with E-state index in [0.717, 1.165) is 21.1 Å². The van der Waals surface area contributed by atoms with Crippen molar-refractivity contribution in [1.29, 1.82) is 0 Å². The summed E-state index contributed by atoms with van der Waals surface area (Å²) in [4.78, 5) is 24.6. The molecule has 2 heterocycles. The molecular weight excluding hydrogens is 332 g/mol. The molecule has 1 amide bonds. The third-order valence-electron chi connectivity index (χ3n) is 3.35. The number of benzene rings is 1. The van der Waals surface area contributed by atoms with Crippen molar-refractivity contribution in [3.8, 4) is 10.6 Å². The maximum atomic E-state index is 12.3. The summed E-state index contributed by atoms with van der Waals surface area (Å²) in [6.07, 6.45) is 4.07. The van der Waals surface area contributed by atoms with Gasteiger partial charge >= 0.3 is 0 Å². The molecule has 0 bridgehead atoms. The minimum atomic E-state index is -0.170. The van der Waals surface area contributed by atoms with Gasteiger partial charge in [-0.1, -0.05) is 29.8 Å². The van der Waals surface area contributed by atoms with Gasteiger partial charge in [0, 0.05) is 35.3 Å². The number of hydrogen-bond acceptors (Lipinski definition) is 4. The van der Waals surface area contributed by atoms with Crippen LogP contribution in [0.1, 0.15) is 21.1 Å². The zero-order chi connectivity index (χ0) is 16.2. The van der Waals surface area contributed by atoms with E-state index in [-0.39, 0.29) is 5.91 Å². The van der Waals surface area contributed by atoms with Gasteiger partial charge in [-0.3, -0.25) is 4.79 Å². The van der Waals surface area contributed by atoms with Gasteiger partial charge < -0.3 is 10.3 Å². The number of carbonyl (C=O) groups is 1. The lowest BCUT2D eigenvalue weighted by atomic mass is 10.2. The maximum Gasteiger partial charge on any atom is 0.271 e. The van der Waals surface area contributed by atoms with Crippen molar-refractivity contribution in [2.45, 2.75) is 13.3 Å². The van der Waals surface area contributed by atoms with Crippen LogP contribution in [0.3, 0.4) is 0 Å². The average molecular weight is 347 g/mol. The van der Waals surface area contributed by atoms with Gasteiger partial charge in [0.2, 0.25) is 0 Å². The predicted octanol–water partition coefficient (Wildman–Crippen LogP) is 3.47. The Morgan fingerprint density at radius 3 is 2.96 bits per heavy atom. The molecule has 5 nitrogen and oxygen atoms in total. The van der Waals surface area contributed by atoms with Crippen molar-refractivity contribution in [1.82, 2.24) is 20.3 Å². The zero-order valence-corrected chi connectivity index (χ0v) is 14.0. The number of rotatable bonds is 5. The molecule has 118 valence electrons. The summed E-state index contributed by atoms with van der Waals surface area (Å²) in [5, 5.41) is 4.27. The van der Waals surface area contributed by atoms with Crippen LogP contribution in [0.4, 0.5) is 0 Å². The van der Waals surface area contributed by atoms with E-state index in [1.807, 2.05) is 31.2 Å². The molecule has 0 aliphatic rings. The topological polar surface area (TPSA) is 70.7 Å². The van der Waals surface area contributed by atoms with E-state index in [2.05, 4.69) is 20.3 Å². The summed E-state index contributed by atoms with van der Waals surface area (Å²) in [5.74, 6) is -0.170. The van der Waals surface area contributed by atoms with Gasteiger partial charge in [0.15, 0.2) is 0 Å². The van der Waals surface area contributed by atoms with Crippen molar-refractivity contribution in [2.75, 3.05) is 6.54 Å². The molecule has 7 heteroatoms. The van der Waals surface area contributed by atoms with Gasteiger partial charge in [0.1, 0.15) is 10.7 Å². The van der Waals surface area contributed by atoms with E-state index in [9.17, 15) is 4.79 Å². The van der Waals surface area contributed by atoms with Crippen LogP contribution in [0.5, 0.6) is 0 Å². The number of nitrogens with zero attached hydrogens (tertiary/aromatic N) is 2. The first kappa shape index (κ1) is 15.7. The second kappa shape index (κ2) is 6.93. The Labute approximate surface area is 142 Å². The van der Waals surface area contributed by atoms with Gasteiger partial charge in [-0.25, -0.2) is 9.97 Å². The van der Waals surface area contributed by atoms with Crippen molar-refractivity contribution in [3.63, 3.8) is 0 Å². The SMILES string of the molecule is Cc1sc(-c2ccccc2Cl)nc1C(=O)NCCc1cnc[nH]1. The second-order valence-electron chi connectivity index (χ2n) is 4.99. The Kier molecular flexibility index (Phi) is 4.73. The number of hydrogen-bond donors (Lipinski definition) is 2. The molecule has 0 saturated carbocycles. The van der Waals surface area contributed by atoms with Crippen LogP contribution >= 0.6 is 22.9 Å². The van der Waals surface area contributed by atoms with E-state index >= 15 is 0 Å². The highest BCUT2D eigenvalue weighted by atomic mass is 35.5. The number of thiazole rings is 1. The Morgan fingerprint density at radius 2 is 2.22 bits per heavy atom. The summed E-state index contributed by atoms with van der Waals surface area (Å²) < 4.78 is 0. The number of halogens is 1. The van der Waals surface area contributed by atoms with Crippen LogP contribution in [0.15, 0.2) is 36.8 Å². The first-order valence-electron chi connectivity index (χ1n) is 7.13. The smallest absolute Gasteiger partial charge is 0.271 e. The van der Waals surface area contributed by atoms with Gasteiger partial charge in [-0.2, -0.15) is 0 Å². The quantitative estimate of drug-likeness (QED) is 0.743. The van der Waals surface area contributed by atoms with E-state index in [1.54, 1.807) is 12.5 Å². The van der Waals surface area contributed by atoms with Gasteiger partial charge in [-0.15, -0.1) is 11.3 Å². The van der Waals surface area contributed by atoms with Crippen molar-refractivity contribution < 1.29 is 4.79 Å². The van der Waals surface area contributed by atoms with E-state index in [1.165, 1.54) is 11.3 Å². The van der Waals surface area contributed by atoms with Crippen molar-refractivity contribution in [2.24, 2.45) is 0 Å². The Balaban J connectivity index is 1.70. The normalized spacial score (nSPS) is 10.7. The molecule has 0 radical (unpaired) electrons. The van der Waals surface area contributed by atoms with Crippen molar-refractivity contribution >= 4 is 28.8 Å². The third kappa shape index (κ3) is 3.60. The molecule has 23 heavy (non-hydrogen) atoms. The summed E-state index contributed by atoms with van der Waals surface area (Å²) in [6, 6.07) is 7.50. The molecule has 0 fully saturated rings. The molecule has 3 aromatic rings. The number of amides is 1. The predicted molar refractivity (Wildman–Crippen MR) is 91.9 cm³/mol. The number of aryl methyl sites for hydroxylation is 1.